The number of aromatic nitrogens is 1. The first kappa shape index (κ1) is 20.7. The van der Waals surface area contributed by atoms with Gasteiger partial charge in [0.25, 0.3) is 0 Å². The molecule has 1 saturated heterocycles. The minimum absolute atomic E-state index is 0.0536. The van der Waals surface area contributed by atoms with Crippen molar-refractivity contribution in [3.8, 4) is 34.3 Å². The summed E-state index contributed by atoms with van der Waals surface area (Å²) in [5.41, 5.74) is 10.0. The Kier molecular flexibility index (Phi) is 5.51. The van der Waals surface area contributed by atoms with E-state index in [-0.39, 0.29) is 6.10 Å². The van der Waals surface area contributed by atoms with Crippen LogP contribution >= 0.6 is 0 Å². The Bertz CT molecular complexity index is 1360. The van der Waals surface area contributed by atoms with Crippen LogP contribution in [0, 0.1) is 11.3 Å². The molecule has 3 heterocycles. The molecule has 0 unspecified atom stereocenters. The average molecular weight is 439 g/mol. The first-order valence-corrected chi connectivity index (χ1v) is 10.7. The number of nitrogens with two attached hydrogens (primary N) is 1. The maximum atomic E-state index is 11.3. The monoisotopic (exact) mass is 439 g/mol. The van der Waals surface area contributed by atoms with E-state index in [1.165, 1.54) is 0 Å². The quantitative estimate of drug-likeness (QED) is 0.483. The summed E-state index contributed by atoms with van der Waals surface area (Å²) in [6, 6.07) is 18.4. The fourth-order valence-electron chi connectivity index (χ4n) is 3.97. The van der Waals surface area contributed by atoms with Crippen molar-refractivity contribution in [2.45, 2.75) is 18.9 Å². The molecule has 7 nitrogen and oxygen atoms in total. The summed E-state index contributed by atoms with van der Waals surface area (Å²) in [5, 5.41) is 9.72. The summed E-state index contributed by atoms with van der Waals surface area (Å²) in [7, 11) is 0. The zero-order valence-electron chi connectivity index (χ0n) is 17.8. The molecule has 1 fully saturated rings. The van der Waals surface area contributed by atoms with Gasteiger partial charge in [-0.2, -0.15) is 5.26 Å². The molecule has 0 radical (unpaired) electrons. The van der Waals surface area contributed by atoms with Crippen LogP contribution in [0.5, 0.6) is 5.75 Å². The van der Waals surface area contributed by atoms with Crippen LogP contribution < -0.4 is 10.5 Å². The SMILES string of the molecule is N#Cc1cc(-c2ccnc3cc(-c4ccc(C(N)=O)cc4)oc23)ccc1OC1CCOCC1. The fourth-order valence-corrected chi connectivity index (χ4v) is 3.97. The van der Waals surface area contributed by atoms with Crippen LogP contribution in [0.25, 0.3) is 33.6 Å². The van der Waals surface area contributed by atoms with Gasteiger partial charge >= 0.3 is 0 Å². The second kappa shape index (κ2) is 8.77. The number of furan rings is 1. The van der Waals surface area contributed by atoms with Crippen molar-refractivity contribution in [2.24, 2.45) is 5.73 Å². The number of pyridine rings is 1. The molecule has 0 bridgehead atoms. The van der Waals surface area contributed by atoms with Crippen LogP contribution in [0.3, 0.4) is 0 Å². The number of amides is 1. The molecule has 0 spiro atoms. The molecule has 33 heavy (non-hydrogen) atoms. The van der Waals surface area contributed by atoms with E-state index in [0.717, 1.165) is 29.5 Å². The van der Waals surface area contributed by atoms with Gasteiger partial charge in [0.05, 0.1) is 18.8 Å². The highest BCUT2D eigenvalue weighted by molar-refractivity contribution is 5.94. The van der Waals surface area contributed by atoms with E-state index < -0.39 is 5.91 Å². The van der Waals surface area contributed by atoms with Crippen LogP contribution in [0.15, 0.2) is 65.2 Å². The lowest BCUT2D eigenvalue weighted by Crippen LogP contribution is -2.26. The molecule has 0 aliphatic carbocycles. The lowest BCUT2D eigenvalue weighted by molar-refractivity contribution is 0.0254. The highest BCUT2D eigenvalue weighted by Gasteiger charge is 2.18. The maximum absolute atomic E-state index is 11.3. The summed E-state index contributed by atoms with van der Waals surface area (Å²) >= 11 is 0. The van der Waals surface area contributed by atoms with Crippen molar-refractivity contribution in [3.05, 3.63) is 71.9 Å². The average Bonchev–Trinajstić information content (AvgIpc) is 3.29. The number of carbonyl (C=O) groups excluding carboxylic acids is 1. The van der Waals surface area contributed by atoms with Crippen molar-refractivity contribution in [1.29, 1.82) is 5.26 Å². The second-order valence-electron chi connectivity index (χ2n) is 7.88. The van der Waals surface area contributed by atoms with Gasteiger partial charge in [-0.1, -0.05) is 18.2 Å². The molecule has 1 aliphatic rings. The van der Waals surface area contributed by atoms with Gasteiger partial charge in [-0.05, 0) is 35.9 Å². The number of primary amides is 1. The van der Waals surface area contributed by atoms with Crippen molar-refractivity contribution >= 4 is 17.0 Å². The first-order chi connectivity index (χ1) is 16.1. The van der Waals surface area contributed by atoms with Crippen LogP contribution in [0.1, 0.15) is 28.8 Å². The third-order valence-electron chi connectivity index (χ3n) is 5.74. The second-order valence-corrected chi connectivity index (χ2v) is 7.88. The highest BCUT2D eigenvalue weighted by atomic mass is 16.5. The third-order valence-corrected chi connectivity index (χ3v) is 5.74. The number of benzene rings is 2. The van der Waals surface area contributed by atoms with Crippen molar-refractivity contribution < 1.29 is 18.7 Å². The Hall–Kier alpha value is -4.15. The Morgan fingerprint density at radius 3 is 2.55 bits per heavy atom. The molecular formula is C26H21N3O4. The largest absolute Gasteiger partial charge is 0.489 e. The number of ether oxygens (including phenoxy) is 2. The van der Waals surface area contributed by atoms with Crippen LogP contribution in [0.2, 0.25) is 0 Å². The lowest BCUT2D eigenvalue weighted by Gasteiger charge is -2.23. The number of hydrogen-bond donors (Lipinski definition) is 1. The minimum Gasteiger partial charge on any atom is -0.489 e. The predicted molar refractivity (Wildman–Crippen MR) is 123 cm³/mol. The predicted octanol–water partition coefficient (Wildman–Crippen LogP) is 4.69. The highest BCUT2D eigenvalue weighted by Crippen LogP contribution is 2.35. The number of hydrogen-bond acceptors (Lipinski definition) is 6. The molecule has 1 amide bonds. The smallest absolute Gasteiger partial charge is 0.248 e. The molecule has 2 aromatic carbocycles. The number of rotatable bonds is 5. The van der Waals surface area contributed by atoms with Gasteiger partial charge in [-0.3, -0.25) is 9.78 Å². The zero-order valence-corrected chi connectivity index (χ0v) is 17.8. The fraction of sp³-hybridized carbons (Fsp3) is 0.192. The Morgan fingerprint density at radius 1 is 1.06 bits per heavy atom. The van der Waals surface area contributed by atoms with E-state index in [1.807, 2.05) is 30.3 Å². The van der Waals surface area contributed by atoms with Gasteiger partial charge in [0, 0.05) is 41.8 Å². The van der Waals surface area contributed by atoms with Gasteiger partial charge in [-0.25, -0.2) is 0 Å². The molecule has 164 valence electrons. The molecule has 4 aromatic rings. The summed E-state index contributed by atoms with van der Waals surface area (Å²) in [5.74, 6) is 0.724. The van der Waals surface area contributed by atoms with E-state index in [4.69, 9.17) is 19.6 Å². The third kappa shape index (κ3) is 4.16. The number of carbonyl (C=O) groups is 1. The summed E-state index contributed by atoms with van der Waals surface area (Å²) in [6.45, 7) is 1.34. The van der Waals surface area contributed by atoms with Gasteiger partial charge in [0.15, 0.2) is 5.58 Å². The molecule has 2 N–H and O–H groups in total. The molecule has 0 saturated carbocycles. The van der Waals surface area contributed by atoms with Crippen LogP contribution in [-0.4, -0.2) is 30.2 Å². The Balaban J connectivity index is 1.49. The van der Waals surface area contributed by atoms with Crippen molar-refractivity contribution in [3.63, 3.8) is 0 Å². The van der Waals surface area contributed by atoms with E-state index >= 15 is 0 Å². The van der Waals surface area contributed by atoms with Gasteiger partial charge < -0.3 is 19.6 Å². The lowest BCUT2D eigenvalue weighted by atomic mass is 10.0. The van der Waals surface area contributed by atoms with Crippen LogP contribution in [0.4, 0.5) is 0 Å². The Morgan fingerprint density at radius 2 is 1.82 bits per heavy atom. The minimum atomic E-state index is -0.479. The standard InChI is InChI=1S/C26H21N3O4/c27-15-19-13-18(5-6-23(19)32-20-8-11-31-12-9-20)21-7-10-29-22-14-24(33-25(21)22)16-1-3-17(4-2-16)26(28)30/h1-7,10,13-14,20H,8-9,11-12H2,(H2,28,30). The molecule has 5 rings (SSSR count). The normalized spacial score (nSPS) is 14.2. The molecule has 0 atom stereocenters. The summed E-state index contributed by atoms with van der Waals surface area (Å²) < 4.78 is 17.6. The molecule has 2 aromatic heterocycles. The summed E-state index contributed by atoms with van der Waals surface area (Å²) in [4.78, 5) is 15.8. The van der Waals surface area contributed by atoms with E-state index in [2.05, 4.69) is 11.1 Å². The molecule has 7 heteroatoms. The van der Waals surface area contributed by atoms with Gasteiger partial charge in [0.2, 0.25) is 5.91 Å². The molecular weight excluding hydrogens is 418 g/mol. The maximum Gasteiger partial charge on any atom is 0.248 e. The Labute approximate surface area is 190 Å². The van der Waals surface area contributed by atoms with Gasteiger partial charge in [-0.15, -0.1) is 0 Å². The van der Waals surface area contributed by atoms with Crippen LogP contribution in [-0.2, 0) is 4.74 Å². The zero-order chi connectivity index (χ0) is 22.8. The van der Waals surface area contributed by atoms with Gasteiger partial charge in [0.1, 0.15) is 29.2 Å². The summed E-state index contributed by atoms with van der Waals surface area (Å²) in [6.07, 6.45) is 3.39. The van der Waals surface area contributed by atoms with E-state index in [1.54, 1.807) is 30.5 Å². The first-order valence-electron chi connectivity index (χ1n) is 10.7. The van der Waals surface area contributed by atoms with E-state index in [0.29, 0.717) is 47.0 Å². The number of nitriles is 1. The van der Waals surface area contributed by atoms with Crippen molar-refractivity contribution in [1.82, 2.24) is 4.98 Å². The van der Waals surface area contributed by atoms with E-state index in [9.17, 15) is 10.1 Å². The topological polar surface area (TPSA) is 111 Å². The number of fused-ring (bicyclic) bond motifs is 1. The number of nitrogens with zero attached hydrogens (tertiary/aromatic N) is 2. The van der Waals surface area contributed by atoms with Crippen molar-refractivity contribution in [2.75, 3.05) is 13.2 Å². The molecule has 1 aliphatic heterocycles.